The number of fused-ring (bicyclic) bond motifs is 1. The van der Waals surface area contributed by atoms with Gasteiger partial charge in [0, 0.05) is 51.0 Å². The lowest BCUT2D eigenvalue weighted by Crippen LogP contribution is -2.52. The molecule has 5 rings (SSSR count). The molecule has 2 spiro atoms. The summed E-state index contributed by atoms with van der Waals surface area (Å²) in [7, 11) is 1.93. The number of likely N-dealkylation sites (tertiary alicyclic amines) is 2. The predicted molar refractivity (Wildman–Crippen MR) is 112 cm³/mol. The first-order valence-corrected chi connectivity index (χ1v) is 10.8. The van der Waals surface area contributed by atoms with Gasteiger partial charge in [0.25, 0.3) is 0 Å². The van der Waals surface area contributed by atoms with Crippen LogP contribution in [0.5, 0.6) is 0 Å². The predicted octanol–water partition coefficient (Wildman–Crippen LogP) is 2.57. The molecule has 30 heavy (non-hydrogen) atoms. The molecule has 4 heterocycles. The number of anilines is 1. The van der Waals surface area contributed by atoms with Crippen molar-refractivity contribution in [3.63, 3.8) is 0 Å². The highest BCUT2D eigenvalue weighted by molar-refractivity contribution is 5.87. The van der Waals surface area contributed by atoms with Gasteiger partial charge in [0.2, 0.25) is 11.9 Å². The minimum Gasteiger partial charge on any atom is -0.345 e. The molecule has 1 atom stereocenters. The number of rotatable bonds is 3. The van der Waals surface area contributed by atoms with Crippen LogP contribution >= 0.6 is 0 Å². The van der Waals surface area contributed by atoms with Crippen molar-refractivity contribution in [2.45, 2.75) is 25.8 Å². The zero-order valence-electron chi connectivity index (χ0n) is 17.4. The van der Waals surface area contributed by atoms with Crippen LogP contribution in [0.3, 0.4) is 0 Å². The maximum absolute atomic E-state index is 13.4. The van der Waals surface area contributed by atoms with Crippen molar-refractivity contribution in [2.75, 3.05) is 44.7 Å². The Morgan fingerprint density at radius 1 is 1.00 bits per heavy atom. The number of nitrogens with zero attached hydrogens (tertiary/aromatic N) is 5. The number of hydrogen-bond acceptors (Lipinski definition) is 5. The second-order valence-corrected chi connectivity index (χ2v) is 9.15. The second-order valence-electron chi connectivity index (χ2n) is 9.15. The molecule has 0 radical (unpaired) electrons. The first kappa shape index (κ1) is 19.4. The van der Waals surface area contributed by atoms with E-state index in [0.717, 1.165) is 63.5 Å². The van der Waals surface area contributed by atoms with E-state index in [1.54, 1.807) is 12.4 Å². The van der Waals surface area contributed by atoms with Crippen molar-refractivity contribution in [1.82, 2.24) is 19.8 Å². The molecule has 3 aliphatic rings. The van der Waals surface area contributed by atoms with E-state index in [1.165, 1.54) is 12.1 Å². The molecule has 158 valence electrons. The van der Waals surface area contributed by atoms with Crippen LogP contribution in [0.2, 0.25) is 0 Å². The zero-order valence-corrected chi connectivity index (χ0v) is 17.4. The molecule has 1 aromatic heterocycles. The van der Waals surface area contributed by atoms with Gasteiger partial charge in [-0.2, -0.15) is 0 Å². The van der Waals surface area contributed by atoms with Gasteiger partial charge in [-0.1, -0.05) is 12.1 Å². The molecular formula is C23H28FN5O. The fourth-order valence-electron chi connectivity index (χ4n) is 5.86. The molecule has 6 nitrogen and oxygen atoms in total. The number of carbonyl (C=O) groups is 1. The van der Waals surface area contributed by atoms with Gasteiger partial charge < -0.3 is 9.80 Å². The van der Waals surface area contributed by atoms with Crippen LogP contribution in [0.4, 0.5) is 10.3 Å². The highest BCUT2D eigenvalue weighted by atomic mass is 19.1. The molecule has 0 saturated carbocycles. The summed E-state index contributed by atoms with van der Waals surface area (Å²) in [6, 6.07) is 8.60. The van der Waals surface area contributed by atoms with Crippen molar-refractivity contribution >= 4 is 11.9 Å². The molecule has 0 aliphatic carbocycles. The van der Waals surface area contributed by atoms with Crippen LogP contribution < -0.4 is 4.90 Å². The van der Waals surface area contributed by atoms with Gasteiger partial charge in [-0.25, -0.2) is 14.4 Å². The number of halogens is 1. The third kappa shape index (κ3) is 3.07. The monoisotopic (exact) mass is 409 g/mol. The summed E-state index contributed by atoms with van der Waals surface area (Å²) in [5.74, 6) is 0.814. The zero-order chi connectivity index (χ0) is 20.8. The lowest BCUT2D eigenvalue weighted by Gasteiger charge is -2.46. The van der Waals surface area contributed by atoms with Gasteiger partial charge in [0.15, 0.2) is 0 Å². The molecule has 3 aliphatic heterocycles. The summed E-state index contributed by atoms with van der Waals surface area (Å²) in [5, 5.41) is 0. The van der Waals surface area contributed by atoms with Gasteiger partial charge in [-0.15, -0.1) is 0 Å². The fraction of sp³-hybridized carbons (Fsp3) is 0.522. The van der Waals surface area contributed by atoms with Gasteiger partial charge in [-0.3, -0.25) is 9.69 Å². The second kappa shape index (κ2) is 7.30. The normalized spacial score (nSPS) is 26.3. The molecule has 1 amide bonds. The molecule has 3 fully saturated rings. The number of hydrogen-bond donors (Lipinski definition) is 0. The van der Waals surface area contributed by atoms with Crippen molar-refractivity contribution in [2.24, 2.45) is 10.8 Å². The summed E-state index contributed by atoms with van der Waals surface area (Å²) in [6.45, 7) is 5.07. The number of piperidine rings is 1. The molecule has 1 aromatic carbocycles. The maximum atomic E-state index is 13.4. The average molecular weight is 410 g/mol. The third-order valence-corrected chi connectivity index (χ3v) is 7.57. The first-order valence-electron chi connectivity index (χ1n) is 10.8. The van der Waals surface area contributed by atoms with Gasteiger partial charge in [-0.05, 0) is 56.1 Å². The van der Waals surface area contributed by atoms with Crippen LogP contribution in [0.25, 0.3) is 0 Å². The minimum absolute atomic E-state index is 0.0483. The molecular weight excluding hydrogens is 381 g/mol. The molecule has 7 heteroatoms. The van der Waals surface area contributed by atoms with Gasteiger partial charge >= 0.3 is 0 Å². The van der Waals surface area contributed by atoms with E-state index >= 15 is 0 Å². The number of amides is 1. The Hall–Kier alpha value is -2.54. The lowest BCUT2D eigenvalue weighted by molar-refractivity contribution is -0.141. The maximum Gasteiger partial charge on any atom is 0.231 e. The van der Waals surface area contributed by atoms with Crippen molar-refractivity contribution in [3.8, 4) is 0 Å². The van der Waals surface area contributed by atoms with Crippen molar-refractivity contribution in [3.05, 3.63) is 54.1 Å². The van der Waals surface area contributed by atoms with Crippen LogP contribution in [0, 0.1) is 16.6 Å². The van der Waals surface area contributed by atoms with Gasteiger partial charge in [0.1, 0.15) is 5.82 Å². The highest BCUT2D eigenvalue weighted by Gasteiger charge is 2.65. The van der Waals surface area contributed by atoms with E-state index in [2.05, 4.69) is 19.8 Å². The number of benzene rings is 1. The van der Waals surface area contributed by atoms with Crippen LogP contribution in [0.1, 0.15) is 24.8 Å². The Morgan fingerprint density at radius 2 is 1.70 bits per heavy atom. The largest absolute Gasteiger partial charge is 0.345 e. The van der Waals surface area contributed by atoms with Crippen LogP contribution in [-0.2, 0) is 11.3 Å². The smallest absolute Gasteiger partial charge is 0.231 e. The molecule has 0 N–H and O–H groups in total. The van der Waals surface area contributed by atoms with Crippen molar-refractivity contribution in [1.29, 1.82) is 0 Å². The van der Waals surface area contributed by atoms with E-state index in [1.807, 2.05) is 30.1 Å². The lowest BCUT2D eigenvalue weighted by atomic mass is 9.60. The topological polar surface area (TPSA) is 52.6 Å². The average Bonchev–Trinajstić information content (AvgIpc) is 3.25. The van der Waals surface area contributed by atoms with Crippen LogP contribution in [-0.4, -0.2) is 65.4 Å². The summed E-state index contributed by atoms with van der Waals surface area (Å²) >= 11 is 0. The molecule has 0 unspecified atom stereocenters. The van der Waals surface area contributed by atoms with E-state index in [4.69, 9.17) is 0 Å². The number of aromatic nitrogens is 2. The van der Waals surface area contributed by atoms with Crippen molar-refractivity contribution < 1.29 is 9.18 Å². The van der Waals surface area contributed by atoms with E-state index in [0.29, 0.717) is 6.54 Å². The summed E-state index contributed by atoms with van der Waals surface area (Å²) in [4.78, 5) is 28.9. The van der Waals surface area contributed by atoms with E-state index in [-0.39, 0.29) is 22.6 Å². The Kier molecular flexibility index (Phi) is 4.73. The third-order valence-electron chi connectivity index (χ3n) is 7.57. The van der Waals surface area contributed by atoms with E-state index in [9.17, 15) is 9.18 Å². The number of carbonyl (C=O) groups excluding carboxylic acids is 1. The quantitative estimate of drug-likeness (QED) is 0.780. The van der Waals surface area contributed by atoms with E-state index < -0.39 is 0 Å². The Bertz CT molecular complexity index is 913. The summed E-state index contributed by atoms with van der Waals surface area (Å²) in [6.07, 6.45) is 6.42. The van der Waals surface area contributed by atoms with Gasteiger partial charge in [0.05, 0.1) is 5.41 Å². The SMILES string of the molecule is CN1CC[C@]2(CN(c3ncccn3)CC23CCN(Cc2ccc(F)cc2)CC3)C1=O. The molecule has 0 bridgehead atoms. The standard InChI is InChI=1S/C23H28FN5O/c1-27-12-9-23(20(27)30)17-29(21-25-10-2-11-26-21)16-22(23)7-13-28(14-8-22)15-18-3-5-19(24)6-4-18/h2-6,10-11H,7-9,12-17H2,1H3/t23-/m0/s1. The summed E-state index contributed by atoms with van der Waals surface area (Å²) in [5.41, 5.74) is 0.737. The Morgan fingerprint density at radius 3 is 2.33 bits per heavy atom. The molecule has 3 saturated heterocycles. The highest BCUT2D eigenvalue weighted by Crippen LogP contribution is 2.58. The minimum atomic E-state index is -0.344. The first-order chi connectivity index (χ1) is 14.5. The Balaban J connectivity index is 1.37. The van der Waals surface area contributed by atoms with Crippen LogP contribution in [0.15, 0.2) is 42.7 Å². The summed E-state index contributed by atoms with van der Waals surface area (Å²) < 4.78 is 13.2. The fourth-order valence-corrected chi connectivity index (χ4v) is 5.86. The Labute approximate surface area is 176 Å². The molecule has 2 aromatic rings.